The zero-order chi connectivity index (χ0) is 20.8. The van der Waals surface area contributed by atoms with E-state index in [2.05, 4.69) is 20.4 Å². The van der Waals surface area contributed by atoms with Crippen LogP contribution in [0.1, 0.15) is 38.5 Å². The van der Waals surface area contributed by atoms with Crippen molar-refractivity contribution in [1.82, 2.24) is 15.1 Å². The number of hydrogen-bond donors (Lipinski definition) is 2. The first-order valence-corrected chi connectivity index (χ1v) is 10.8. The Morgan fingerprint density at radius 3 is 2.63 bits per heavy atom. The first-order chi connectivity index (χ1) is 14.7. The number of aromatic nitrogens is 2. The summed E-state index contributed by atoms with van der Waals surface area (Å²) in [6.07, 6.45) is 6.43. The van der Waals surface area contributed by atoms with E-state index in [1.165, 1.54) is 32.4 Å². The number of nitrogens with one attached hydrogen (secondary N) is 2. The summed E-state index contributed by atoms with van der Waals surface area (Å²) >= 11 is 0. The minimum atomic E-state index is -0.205. The summed E-state index contributed by atoms with van der Waals surface area (Å²) in [5, 5.41) is 11.2. The van der Waals surface area contributed by atoms with Crippen LogP contribution in [0.4, 0.5) is 5.69 Å². The lowest BCUT2D eigenvalue weighted by Gasteiger charge is -2.26. The van der Waals surface area contributed by atoms with Crippen LogP contribution in [-0.2, 0) is 4.79 Å². The molecular formula is C24H28N4O2. The second-order valence-corrected chi connectivity index (χ2v) is 7.94. The molecule has 3 aromatic rings. The lowest BCUT2D eigenvalue weighted by Crippen LogP contribution is -2.30. The summed E-state index contributed by atoms with van der Waals surface area (Å²) in [7, 11) is 0. The fraction of sp³-hybridized carbons (Fsp3) is 0.375. The van der Waals surface area contributed by atoms with E-state index in [9.17, 15) is 9.59 Å². The lowest BCUT2D eigenvalue weighted by atomic mass is 10.0. The predicted molar refractivity (Wildman–Crippen MR) is 121 cm³/mol. The molecule has 0 atom stereocenters. The van der Waals surface area contributed by atoms with Crippen LogP contribution < -0.4 is 10.9 Å². The van der Waals surface area contributed by atoms with Gasteiger partial charge in [0.2, 0.25) is 5.91 Å². The van der Waals surface area contributed by atoms with Crippen LogP contribution in [0.15, 0.2) is 53.3 Å². The first kappa shape index (κ1) is 20.3. The third kappa shape index (κ3) is 4.94. The maximum Gasteiger partial charge on any atom is 0.272 e. The van der Waals surface area contributed by atoms with E-state index in [-0.39, 0.29) is 11.5 Å². The van der Waals surface area contributed by atoms with Gasteiger partial charge in [0.25, 0.3) is 5.56 Å². The molecule has 1 saturated heterocycles. The Morgan fingerprint density at radius 1 is 1.00 bits per heavy atom. The van der Waals surface area contributed by atoms with Crippen LogP contribution in [0.5, 0.6) is 0 Å². The lowest BCUT2D eigenvalue weighted by molar-refractivity contribution is -0.116. The molecule has 6 heteroatoms. The SMILES string of the molecule is O=C(CCCCN1CCCCC1)Nc1cccc(-c2n[nH]c(=O)c3ccccc23)c1. The van der Waals surface area contributed by atoms with Crippen molar-refractivity contribution >= 4 is 22.4 Å². The van der Waals surface area contributed by atoms with Crippen molar-refractivity contribution in [3.05, 3.63) is 58.9 Å². The third-order valence-corrected chi connectivity index (χ3v) is 5.69. The zero-order valence-corrected chi connectivity index (χ0v) is 17.2. The van der Waals surface area contributed by atoms with E-state index in [1.807, 2.05) is 42.5 Å². The van der Waals surface area contributed by atoms with Gasteiger partial charge in [0, 0.05) is 23.1 Å². The maximum absolute atomic E-state index is 12.4. The summed E-state index contributed by atoms with van der Waals surface area (Å²) in [5.74, 6) is 0.0325. The standard InChI is InChI=1S/C24H28N4O2/c29-22(13-4-7-16-28-14-5-1-6-15-28)25-19-10-8-9-18(17-19)23-20-11-2-3-12-21(20)24(30)27-26-23/h2-3,8-12,17H,1,4-7,13-16H2,(H,25,29)(H,27,30). The normalized spacial score (nSPS) is 14.7. The second kappa shape index (κ2) is 9.67. The van der Waals surface area contributed by atoms with E-state index in [0.29, 0.717) is 17.5 Å². The molecule has 6 nitrogen and oxygen atoms in total. The van der Waals surface area contributed by atoms with E-state index in [4.69, 9.17) is 0 Å². The van der Waals surface area contributed by atoms with Gasteiger partial charge < -0.3 is 10.2 Å². The monoisotopic (exact) mass is 404 g/mol. The van der Waals surface area contributed by atoms with Gasteiger partial charge in [-0.05, 0) is 63.5 Å². The van der Waals surface area contributed by atoms with Gasteiger partial charge in [0.15, 0.2) is 0 Å². The fourth-order valence-corrected chi connectivity index (χ4v) is 4.11. The molecule has 4 rings (SSSR count). The van der Waals surface area contributed by atoms with Crippen LogP contribution in [0, 0.1) is 0 Å². The van der Waals surface area contributed by atoms with Gasteiger partial charge in [-0.2, -0.15) is 5.10 Å². The summed E-state index contributed by atoms with van der Waals surface area (Å²) in [5.41, 5.74) is 2.09. The number of likely N-dealkylation sites (tertiary alicyclic amines) is 1. The number of unbranched alkanes of at least 4 members (excludes halogenated alkanes) is 1. The Kier molecular flexibility index (Phi) is 6.54. The van der Waals surface area contributed by atoms with E-state index >= 15 is 0 Å². The van der Waals surface area contributed by atoms with Crippen LogP contribution in [-0.4, -0.2) is 40.6 Å². The summed E-state index contributed by atoms with van der Waals surface area (Å²) in [4.78, 5) is 26.9. The van der Waals surface area contributed by atoms with E-state index in [1.54, 1.807) is 6.07 Å². The number of H-pyrrole nitrogens is 1. The summed E-state index contributed by atoms with van der Waals surface area (Å²) in [6.45, 7) is 3.49. The molecule has 1 fully saturated rings. The average molecular weight is 405 g/mol. The fourth-order valence-electron chi connectivity index (χ4n) is 4.11. The van der Waals surface area contributed by atoms with Gasteiger partial charge in [-0.1, -0.05) is 36.8 Å². The Morgan fingerprint density at radius 2 is 1.80 bits per heavy atom. The van der Waals surface area contributed by atoms with E-state index < -0.39 is 0 Å². The van der Waals surface area contributed by atoms with Gasteiger partial charge in [0.05, 0.1) is 11.1 Å². The van der Waals surface area contributed by atoms with Gasteiger partial charge in [-0.25, -0.2) is 5.10 Å². The van der Waals surface area contributed by atoms with Crippen molar-refractivity contribution in [2.24, 2.45) is 0 Å². The molecule has 2 heterocycles. The number of anilines is 1. The average Bonchev–Trinajstić information content (AvgIpc) is 2.78. The van der Waals surface area contributed by atoms with Crippen LogP contribution in [0.25, 0.3) is 22.0 Å². The molecule has 1 aromatic heterocycles. The highest BCUT2D eigenvalue weighted by atomic mass is 16.1. The molecule has 2 N–H and O–H groups in total. The number of hydrogen-bond acceptors (Lipinski definition) is 4. The number of nitrogens with zero attached hydrogens (tertiary/aromatic N) is 2. The van der Waals surface area contributed by atoms with Gasteiger partial charge in [-0.15, -0.1) is 0 Å². The molecule has 1 aliphatic heterocycles. The van der Waals surface area contributed by atoms with E-state index in [0.717, 1.165) is 36.0 Å². The number of fused-ring (bicyclic) bond motifs is 1. The quantitative estimate of drug-likeness (QED) is 0.579. The Labute approximate surface area is 176 Å². The highest BCUT2D eigenvalue weighted by molar-refractivity contribution is 5.95. The van der Waals surface area contributed by atoms with Gasteiger partial charge in [0.1, 0.15) is 0 Å². The molecule has 2 aromatic carbocycles. The molecular weight excluding hydrogens is 376 g/mol. The summed E-state index contributed by atoms with van der Waals surface area (Å²) in [6, 6.07) is 15.0. The smallest absolute Gasteiger partial charge is 0.272 e. The molecule has 0 spiro atoms. The molecule has 30 heavy (non-hydrogen) atoms. The minimum Gasteiger partial charge on any atom is -0.326 e. The molecule has 1 amide bonds. The van der Waals surface area contributed by atoms with Crippen LogP contribution >= 0.6 is 0 Å². The van der Waals surface area contributed by atoms with Gasteiger partial charge >= 0.3 is 0 Å². The zero-order valence-electron chi connectivity index (χ0n) is 17.2. The number of benzene rings is 2. The Hall–Kier alpha value is -2.99. The van der Waals surface area contributed by atoms with Crippen molar-refractivity contribution in [2.75, 3.05) is 25.0 Å². The second-order valence-electron chi connectivity index (χ2n) is 7.94. The molecule has 0 saturated carbocycles. The number of carbonyl (C=O) groups excluding carboxylic acids is 1. The molecule has 0 aliphatic carbocycles. The Balaban J connectivity index is 1.37. The number of aromatic amines is 1. The molecule has 156 valence electrons. The van der Waals surface area contributed by atoms with Crippen molar-refractivity contribution in [2.45, 2.75) is 38.5 Å². The van der Waals surface area contributed by atoms with Crippen LogP contribution in [0.2, 0.25) is 0 Å². The molecule has 0 unspecified atom stereocenters. The van der Waals surface area contributed by atoms with Crippen molar-refractivity contribution in [3.63, 3.8) is 0 Å². The Bertz CT molecular complexity index is 1070. The number of piperidine rings is 1. The van der Waals surface area contributed by atoms with Crippen molar-refractivity contribution < 1.29 is 4.79 Å². The number of carbonyl (C=O) groups is 1. The summed E-state index contributed by atoms with van der Waals surface area (Å²) < 4.78 is 0. The topological polar surface area (TPSA) is 78.1 Å². The largest absolute Gasteiger partial charge is 0.326 e. The maximum atomic E-state index is 12.4. The highest BCUT2D eigenvalue weighted by Crippen LogP contribution is 2.26. The van der Waals surface area contributed by atoms with Crippen molar-refractivity contribution in [1.29, 1.82) is 0 Å². The van der Waals surface area contributed by atoms with Crippen molar-refractivity contribution in [3.8, 4) is 11.3 Å². The molecule has 0 bridgehead atoms. The highest BCUT2D eigenvalue weighted by Gasteiger charge is 2.11. The van der Waals surface area contributed by atoms with Gasteiger partial charge in [-0.3, -0.25) is 9.59 Å². The van der Waals surface area contributed by atoms with Crippen LogP contribution in [0.3, 0.4) is 0 Å². The predicted octanol–water partition coefficient (Wildman–Crippen LogP) is 4.18. The molecule has 0 radical (unpaired) electrons. The third-order valence-electron chi connectivity index (χ3n) is 5.69. The minimum absolute atomic E-state index is 0.0325. The molecule has 1 aliphatic rings. The first-order valence-electron chi connectivity index (χ1n) is 10.8. The number of amides is 1. The number of rotatable bonds is 7.